The topological polar surface area (TPSA) is 76.6 Å². The minimum atomic E-state index is -0.0795. The number of carbonyl (C=O) groups excluding carboxylic acids is 1. The minimum Gasteiger partial charge on any atom is -0.497 e. The molecular weight excluding hydrogens is 412 g/mol. The second-order valence-electron chi connectivity index (χ2n) is 7.48. The number of piperidine rings is 1. The van der Waals surface area contributed by atoms with Crippen molar-refractivity contribution in [3.8, 4) is 11.5 Å². The van der Waals surface area contributed by atoms with E-state index in [1.165, 1.54) is 5.56 Å². The van der Waals surface area contributed by atoms with Crippen LogP contribution in [-0.4, -0.2) is 48.4 Å². The predicted octanol–water partition coefficient (Wildman–Crippen LogP) is 4.56. The molecule has 1 aliphatic rings. The zero-order chi connectivity index (χ0) is 21.6. The first kappa shape index (κ1) is 21.1. The molecule has 1 N–H and O–H groups in total. The molecule has 0 saturated carbocycles. The molecule has 2 amide bonds. The van der Waals surface area contributed by atoms with Gasteiger partial charge in [0.2, 0.25) is 0 Å². The van der Waals surface area contributed by atoms with Gasteiger partial charge in [-0.05, 0) is 42.7 Å². The molecule has 0 unspecified atom stereocenters. The Kier molecular flexibility index (Phi) is 6.66. The Labute approximate surface area is 186 Å². The first-order valence-electron chi connectivity index (χ1n) is 10.3. The van der Waals surface area contributed by atoms with E-state index in [1.807, 2.05) is 41.3 Å². The van der Waals surface area contributed by atoms with E-state index in [-0.39, 0.29) is 6.03 Å². The summed E-state index contributed by atoms with van der Waals surface area (Å²) in [5, 5.41) is 13.9. The Balaban J connectivity index is 1.29. The number of aromatic nitrogens is 2. The van der Waals surface area contributed by atoms with Gasteiger partial charge in [-0.15, -0.1) is 21.5 Å². The van der Waals surface area contributed by atoms with E-state index in [0.717, 1.165) is 46.5 Å². The molecule has 3 aromatic rings. The molecule has 162 valence electrons. The lowest BCUT2D eigenvalue weighted by Gasteiger charge is -2.31. The monoisotopic (exact) mass is 438 g/mol. The number of rotatable bonds is 6. The second-order valence-corrected chi connectivity index (χ2v) is 8.58. The molecule has 1 aromatic heterocycles. The van der Waals surface area contributed by atoms with Gasteiger partial charge in [-0.2, -0.15) is 0 Å². The number of anilines is 1. The Morgan fingerprint density at radius 3 is 2.52 bits per heavy atom. The highest BCUT2D eigenvalue weighted by Crippen LogP contribution is 2.31. The van der Waals surface area contributed by atoms with Crippen LogP contribution in [0.3, 0.4) is 0 Å². The lowest BCUT2D eigenvalue weighted by Crippen LogP contribution is -2.40. The van der Waals surface area contributed by atoms with Crippen molar-refractivity contribution >= 4 is 23.1 Å². The first-order valence-corrected chi connectivity index (χ1v) is 11.1. The second kappa shape index (κ2) is 9.78. The summed E-state index contributed by atoms with van der Waals surface area (Å²) in [5.74, 6) is 1.92. The summed E-state index contributed by atoms with van der Waals surface area (Å²) < 4.78 is 10.4. The van der Waals surface area contributed by atoms with Gasteiger partial charge in [0.1, 0.15) is 21.5 Å². The number of nitrogens with one attached hydrogen (secondary N) is 1. The third-order valence-corrected chi connectivity index (χ3v) is 6.54. The van der Waals surface area contributed by atoms with Crippen molar-refractivity contribution < 1.29 is 14.3 Å². The fourth-order valence-corrected chi connectivity index (χ4v) is 4.70. The lowest BCUT2D eigenvalue weighted by atomic mass is 9.98. The fraction of sp³-hybridized carbons (Fsp3) is 0.348. The van der Waals surface area contributed by atoms with E-state index < -0.39 is 0 Å². The van der Waals surface area contributed by atoms with Gasteiger partial charge in [-0.25, -0.2) is 4.79 Å². The predicted molar refractivity (Wildman–Crippen MR) is 121 cm³/mol. The van der Waals surface area contributed by atoms with Gasteiger partial charge in [0, 0.05) is 37.2 Å². The maximum absolute atomic E-state index is 12.6. The number of benzene rings is 2. The summed E-state index contributed by atoms with van der Waals surface area (Å²) >= 11 is 1.67. The number of urea groups is 1. The van der Waals surface area contributed by atoms with Crippen molar-refractivity contribution in [1.82, 2.24) is 15.1 Å². The maximum Gasteiger partial charge on any atom is 0.321 e. The Hall–Kier alpha value is -3.13. The van der Waals surface area contributed by atoms with Crippen LogP contribution in [0.5, 0.6) is 11.5 Å². The Morgan fingerprint density at radius 1 is 1.06 bits per heavy atom. The number of carbonyl (C=O) groups is 1. The van der Waals surface area contributed by atoms with Gasteiger partial charge < -0.3 is 19.7 Å². The van der Waals surface area contributed by atoms with Crippen LogP contribution >= 0.6 is 11.3 Å². The molecule has 0 atom stereocenters. The van der Waals surface area contributed by atoms with Crippen LogP contribution in [0.4, 0.5) is 10.5 Å². The number of ether oxygens (including phenoxy) is 2. The van der Waals surface area contributed by atoms with Gasteiger partial charge in [-0.1, -0.05) is 18.2 Å². The normalized spacial score (nSPS) is 14.3. The summed E-state index contributed by atoms with van der Waals surface area (Å²) in [6.45, 7) is 1.40. The van der Waals surface area contributed by atoms with E-state index in [4.69, 9.17) is 9.47 Å². The summed E-state index contributed by atoms with van der Waals surface area (Å²) in [7, 11) is 3.28. The molecule has 4 rings (SSSR count). The average Bonchev–Trinajstić information content (AvgIpc) is 3.28. The zero-order valence-electron chi connectivity index (χ0n) is 17.7. The number of hydrogen-bond donors (Lipinski definition) is 1. The van der Waals surface area contributed by atoms with Gasteiger partial charge in [-0.3, -0.25) is 0 Å². The third-order valence-electron chi connectivity index (χ3n) is 5.45. The molecule has 0 bridgehead atoms. The summed E-state index contributed by atoms with van der Waals surface area (Å²) in [5.41, 5.74) is 1.92. The smallest absolute Gasteiger partial charge is 0.321 e. The van der Waals surface area contributed by atoms with Crippen molar-refractivity contribution in [1.29, 1.82) is 0 Å². The molecule has 0 aliphatic carbocycles. The minimum absolute atomic E-state index is 0.0795. The van der Waals surface area contributed by atoms with Crippen molar-refractivity contribution in [2.75, 3.05) is 32.6 Å². The molecule has 0 spiro atoms. The van der Waals surface area contributed by atoms with Crippen LogP contribution < -0.4 is 14.8 Å². The van der Waals surface area contributed by atoms with E-state index in [1.54, 1.807) is 25.6 Å². The highest BCUT2D eigenvalue weighted by molar-refractivity contribution is 7.11. The highest BCUT2D eigenvalue weighted by atomic mass is 32.1. The SMILES string of the molecule is COc1ccc(Cc2nnc(C3CCN(C(=O)Nc4cccc(OC)c4)CC3)s2)cc1. The van der Waals surface area contributed by atoms with E-state index >= 15 is 0 Å². The maximum atomic E-state index is 12.6. The van der Waals surface area contributed by atoms with Crippen LogP contribution in [0, 0.1) is 0 Å². The number of amides is 2. The van der Waals surface area contributed by atoms with Gasteiger partial charge in [0.25, 0.3) is 0 Å². The number of hydrogen-bond acceptors (Lipinski definition) is 6. The van der Waals surface area contributed by atoms with Crippen LogP contribution in [-0.2, 0) is 6.42 Å². The molecule has 1 fully saturated rings. The van der Waals surface area contributed by atoms with Gasteiger partial charge >= 0.3 is 6.03 Å². The molecule has 2 heterocycles. The molecule has 7 nitrogen and oxygen atoms in total. The molecule has 1 saturated heterocycles. The molecule has 31 heavy (non-hydrogen) atoms. The number of methoxy groups -OCH3 is 2. The highest BCUT2D eigenvalue weighted by Gasteiger charge is 2.26. The largest absolute Gasteiger partial charge is 0.497 e. The molecular formula is C23H26N4O3S. The molecule has 2 aromatic carbocycles. The lowest BCUT2D eigenvalue weighted by molar-refractivity contribution is 0.194. The molecule has 0 radical (unpaired) electrons. The van der Waals surface area contributed by atoms with Gasteiger partial charge in [0.05, 0.1) is 14.2 Å². The quantitative estimate of drug-likeness (QED) is 0.611. The van der Waals surface area contributed by atoms with Crippen molar-refractivity contribution in [2.24, 2.45) is 0 Å². The van der Waals surface area contributed by atoms with Crippen molar-refractivity contribution in [2.45, 2.75) is 25.2 Å². The van der Waals surface area contributed by atoms with Crippen LogP contribution in [0.2, 0.25) is 0 Å². The standard InChI is InChI=1S/C23H26N4O3S/c1-29-19-8-6-16(7-9-19)14-21-25-26-22(31-21)17-10-12-27(13-11-17)23(28)24-18-4-3-5-20(15-18)30-2/h3-9,15,17H,10-14H2,1-2H3,(H,24,28). The van der Waals surface area contributed by atoms with E-state index in [9.17, 15) is 4.79 Å². The third kappa shape index (κ3) is 5.32. The van der Waals surface area contributed by atoms with Crippen molar-refractivity contribution in [3.05, 3.63) is 64.1 Å². The number of likely N-dealkylation sites (tertiary alicyclic amines) is 1. The fourth-order valence-electron chi connectivity index (χ4n) is 3.65. The first-order chi connectivity index (χ1) is 15.1. The van der Waals surface area contributed by atoms with Crippen LogP contribution in [0.25, 0.3) is 0 Å². The molecule has 8 heteroatoms. The summed E-state index contributed by atoms with van der Waals surface area (Å²) in [4.78, 5) is 14.5. The van der Waals surface area contributed by atoms with Crippen LogP contribution in [0.1, 0.15) is 34.3 Å². The Morgan fingerprint density at radius 2 is 1.81 bits per heavy atom. The summed E-state index contributed by atoms with van der Waals surface area (Å²) in [6.07, 6.45) is 2.55. The number of nitrogens with zero attached hydrogens (tertiary/aromatic N) is 3. The van der Waals surface area contributed by atoms with Gasteiger partial charge in [0.15, 0.2) is 0 Å². The summed E-state index contributed by atoms with van der Waals surface area (Å²) in [6, 6.07) is 15.3. The van der Waals surface area contributed by atoms with E-state index in [2.05, 4.69) is 27.6 Å². The molecule has 1 aliphatic heterocycles. The van der Waals surface area contributed by atoms with Crippen LogP contribution in [0.15, 0.2) is 48.5 Å². The zero-order valence-corrected chi connectivity index (χ0v) is 18.5. The average molecular weight is 439 g/mol. The van der Waals surface area contributed by atoms with E-state index in [0.29, 0.717) is 19.0 Å². The Bertz CT molecular complexity index is 1010. The van der Waals surface area contributed by atoms with Crippen molar-refractivity contribution in [3.63, 3.8) is 0 Å².